The van der Waals surface area contributed by atoms with Gasteiger partial charge in [0.2, 0.25) is 0 Å². The summed E-state index contributed by atoms with van der Waals surface area (Å²) in [6, 6.07) is 7.44. The summed E-state index contributed by atoms with van der Waals surface area (Å²) in [6.07, 6.45) is 7.25. The van der Waals surface area contributed by atoms with E-state index in [-0.39, 0.29) is 0 Å². The summed E-state index contributed by atoms with van der Waals surface area (Å²) in [6.45, 7) is 4.48. The van der Waals surface area contributed by atoms with E-state index in [2.05, 4.69) is 56.4 Å². The molecule has 0 atom stereocenters. The average molecular weight is 297 g/mol. The summed E-state index contributed by atoms with van der Waals surface area (Å²) < 4.78 is 0. The zero-order valence-electron chi connectivity index (χ0n) is 14.2. The molecule has 1 aliphatic rings. The van der Waals surface area contributed by atoms with E-state index in [4.69, 9.17) is 4.98 Å². The van der Waals surface area contributed by atoms with Crippen LogP contribution in [-0.2, 0) is 0 Å². The van der Waals surface area contributed by atoms with Crippen molar-refractivity contribution in [1.82, 2.24) is 4.98 Å². The van der Waals surface area contributed by atoms with Crippen LogP contribution in [0.2, 0.25) is 0 Å². The Hall–Kier alpha value is -1.77. The largest absolute Gasteiger partial charge is 0.381 e. The van der Waals surface area contributed by atoms with Gasteiger partial charge in [-0.3, -0.25) is 0 Å². The normalized spacial score (nSPS) is 15.7. The molecular formula is C19H27N3. The Morgan fingerprint density at radius 1 is 1.14 bits per heavy atom. The van der Waals surface area contributed by atoms with E-state index >= 15 is 0 Å². The lowest BCUT2D eigenvalue weighted by atomic mass is 9.99. The predicted octanol–water partition coefficient (Wildman–Crippen LogP) is 4.78. The van der Waals surface area contributed by atoms with Crippen LogP contribution in [0, 0.1) is 0 Å². The Balaban J connectivity index is 2.08. The molecule has 0 unspecified atom stereocenters. The first kappa shape index (κ1) is 15.1. The van der Waals surface area contributed by atoms with Crippen molar-refractivity contribution in [2.24, 2.45) is 0 Å². The lowest BCUT2D eigenvalue weighted by Gasteiger charge is -2.20. The van der Waals surface area contributed by atoms with Gasteiger partial charge < -0.3 is 10.2 Å². The van der Waals surface area contributed by atoms with Crippen LogP contribution in [0.15, 0.2) is 24.4 Å². The van der Waals surface area contributed by atoms with E-state index in [9.17, 15) is 0 Å². The van der Waals surface area contributed by atoms with Gasteiger partial charge in [0.1, 0.15) is 5.82 Å². The van der Waals surface area contributed by atoms with Gasteiger partial charge in [0.15, 0.2) is 0 Å². The Bertz CT molecular complexity index is 655. The standard InChI is InChI=1S/C19H27N3/c1-13(2)14-9-10-16-17(11-14)19(22(3)4)20-12-18(16)21-15-7-5-6-8-15/h9-13,15,21H,5-8H2,1-4H3. The third kappa shape index (κ3) is 2.90. The molecule has 0 amide bonds. The number of pyridine rings is 1. The van der Waals surface area contributed by atoms with Crippen LogP contribution in [0.4, 0.5) is 11.5 Å². The quantitative estimate of drug-likeness (QED) is 0.880. The van der Waals surface area contributed by atoms with Gasteiger partial charge >= 0.3 is 0 Å². The van der Waals surface area contributed by atoms with Gasteiger partial charge in [-0.2, -0.15) is 0 Å². The maximum Gasteiger partial charge on any atom is 0.136 e. The average Bonchev–Trinajstić information content (AvgIpc) is 2.99. The van der Waals surface area contributed by atoms with Crippen LogP contribution in [0.25, 0.3) is 10.8 Å². The third-order valence-corrected chi connectivity index (χ3v) is 4.70. The number of nitrogens with one attached hydrogen (secondary N) is 1. The van der Waals surface area contributed by atoms with Crippen LogP contribution in [-0.4, -0.2) is 25.1 Å². The minimum absolute atomic E-state index is 0.533. The zero-order chi connectivity index (χ0) is 15.7. The maximum atomic E-state index is 4.71. The molecule has 0 radical (unpaired) electrons. The molecule has 1 aromatic heterocycles. The van der Waals surface area contributed by atoms with Gasteiger partial charge in [-0.15, -0.1) is 0 Å². The van der Waals surface area contributed by atoms with E-state index in [1.807, 2.05) is 6.20 Å². The van der Waals surface area contributed by atoms with E-state index in [0.29, 0.717) is 12.0 Å². The summed E-state index contributed by atoms with van der Waals surface area (Å²) in [5.74, 6) is 1.58. The SMILES string of the molecule is CC(C)c1ccc2c(NC3CCCC3)cnc(N(C)C)c2c1. The molecule has 1 fully saturated rings. The molecule has 1 saturated carbocycles. The van der Waals surface area contributed by atoms with Crippen LogP contribution >= 0.6 is 0 Å². The van der Waals surface area contributed by atoms with Crippen molar-refractivity contribution in [2.75, 3.05) is 24.3 Å². The third-order valence-electron chi connectivity index (χ3n) is 4.70. The smallest absolute Gasteiger partial charge is 0.136 e. The number of fused-ring (bicyclic) bond motifs is 1. The first-order chi connectivity index (χ1) is 10.6. The summed E-state index contributed by atoms with van der Waals surface area (Å²) in [5, 5.41) is 6.25. The monoisotopic (exact) mass is 297 g/mol. The highest BCUT2D eigenvalue weighted by molar-refractivity contribution is 6.00. The molecule has 3 nitrogen and oxygen atoms in total. The number of aromatic nitrogens is 1. The summed E-state index contributed by atoms with van der Waals surface area (Å²) in [4.78, 5) is 6.82. The van der Waals surface area contributed by atoms with Crippen molar-refractivity contribution in [3.63, 3.8) is 0 Å². The fourth-order valence-corrected chi connectivity index (χ4v) is 3.37. The minimum Gasteiger partial charge on any atom is -0.381 e. The van der Waals surface area contributed by atoms with Gasteiger partial charge in [-0.05, 0) is 30.4 Å². The molecule has 22 heavy (non-hydrogen) atoms. The molecular weight excluding hydrogens is 270 g/mol. The van der Waals surface area contributed by atoms with Crippen LogP contribution in [0.1, 0.15) is 51.0 Å². The highest BCUT2D eigenvalue weighted by atomic mass is 15.1. The Morgan fingerprint density at radius 2 is 1.86 bits per heavy atom. The van der Waals surface area contributed by atoms with Crippen molar-refractivity contribution >= 4 is 22.3 Å². The highest BCUT2D eigenvalue weighted by Gasteiger charge is 2.17. The molecule has 3 heteroatoms. The maximum absolute atomic E-state index is 4.71. The lowest BCUT2D eigenvalue weighted by Crippen LogP contribution is -2.16. The molecule has 1 aliphatic carbocycles. The highest BCUT2D eigenvalue weighted by Crippen LogP contribution is 2.33. The molecule has 118 valence electrons. The first-order valence-electron chi connectivity index (χ1n) is 8.43. The van der Waals surface area contributed by atoms with Gasteiger partial charge in [-0.1, -0.05) is 38.8 Å². The van der Waals surface area contributed by atoms with E-state index < -0.39 is 0 Å². The Labute approximate surface area is 133 Å². The topological polar surface area (TPSA) is 28.2 Å². The van der Waals surface area contributed by atoms with Crippen molar-refractivity contribution < 1.29 is 0 Å². The first-order valence-corrected chi connectivity index (χ1v) is 8.43. The van der Waals surface area contributed by atoms with Crippen LogP contribution in [0.3, 0.4) is 0 Å². The Morgan fingerprint density at radius 3 is 2.50 bits per heavy atom. The lowest BCUT2D eigenvalue weighted by molar-refractivity contribution is 0.756. The van der Waals surface area contributed by atoms with Gasteiger partial charge in [-0.25, -0.2) is 4.98 Å². The van der Waals surface area contributed by atoms with Crippen LogP contribution < -0.4 is 10.2 Å². The van der Waals surface area contributed by atoms with Crippen molar-refractivity contribution in [2.45, 2.75) is 51.5 Å². The van der Waals surface area contributed by atoms with Crippen molar-refractivity contribution in [3.05, 3.63) is 30.0 Å². The number of hydrogen-bond acceptors (Lipinski definition) is 3. The van der Waals surface area contributed by atoms with Gasteiger partial charge in [0, 0.05) is 30.9 Å². The summed E-state index contributed by atoms with van der Waals surface area (Å²) >= 11 is 0. The number of anilines is 2. The molecule has 0 aliphatic heterocycles. The minimum atomic E-state index is 0.533. The van der Waals surface area contributed by atoms with E-state index in [1.54, 1.807) is 0 Å². The second kappa shape index (κ2) is 6.15. The summed E-state index contributed by atoms with van der Waals surface area (Å²) in [7, 11) is 4.13. The molecule has 1 aromatic carbocycles. The molecule has 2 aromatic rings. The molecule has 1 heterocycles. The predicted molar refractivity (Wildman–Crippen MR) is 96.0 cm³/mol. The van der Waals surface area contributed by atoms with Gasteiger partial charge in [0.05, 0.1) is 11.9 Å². The number of nitrogens with zero attached hydrogens (tertiary/aromatic N) is 2. The Kier molecular flexibility index (Phi) is 4.23. The van der Waals surface area contributed by atoms with E-state index in [0.717, 1.165) is 5.82 Å². The molecule has 3 rings (SSSR count). The fourth-order valence-electron chi connectivity index (χ4n) is 3.37. The number of benzene rings is 1. The number of hydrogen-bond donors (Lipinski definition) is 1. The molecule has 0 saturated heterocycles. The molecule has 0 bridgehead atoms. The number of rotatable bonds is 4. The van der Waals surface area contributed by atoms with Gasteiger partial charge in [0.25, 0.3) is 0 Å². The zero-order valence-corrected chi connectivity index (χ0v) is 14.2. The molecule has 0 spiro atoms. The summed E-state index contributed by atoms with van der Waals surface area (Å²) in [5.41, 5.74) is 2.55. The van der Waals surface area contributed by atoms with Crippen LogP contribution in [0.5, 0.6) is 0 Å². The second-order valence-corrected chi connectivity index (χ2v) is 6.98. The fraction of sp³-hybridized carbons (Fsp3) is 0.526. The van der Waals surface area contributed by atoms with Crippen molar-refractivity contribution in [3.8, 4) is 0 Å². The molecule has 1 N–H and O–H groups in total. The second-order valence-electron chi connectivity index (χ2n) is 6.98. The van der Waals surface area contributed by atoms with E-state index in [1.165, 1.54) is 47.7 Å². The van der Waals surface area contributed by atoms with Crippen molar-refractivity contribution in [1.29, 1.82) is 0 Å².